The normalized spacial score (nSPS) is 22.3. The molecule has 0 radical (unpaired) electrons. The Morgan fingerprint density at radius 2 is 2.20 bits per heavy atom. The molecule has 20 heavy (non-hydrogen) atoms. The van der Waals surface area contributed by atoms with Crippen molar-refractivity contribution in [3.63, 3.8) is 0 Å². The van der Waals surface area contributed by atoms with Gasteiger partial charge in [-0.15, -0.1) is 0 Å². The topological polar surface area (TPSA) is 50.4 Å². The van der Waals surface area contributed by atoms with Crippen LogP contribution in [-0.4, -0.2) is 31.6 Å². The quantitative estimate of drug-likeness (QED) is 0.876. The monoisotopic (exact) mass is 296 g/mol. The molecule has 1 aliphatic heterocycles. The number of piperidine rings is 1. The summed E-state index contributed by atoms with van der Waals surface area (Å²) in [6.07, 6.45) is 1.47. The lowest BCUT2D eigenvalue weighted by Gasteiger charge is -2.30. The van der Waals surface area contributed by atoms with Gasteiger partial charge in [-0.05, 0) is 43.1 Å². The van der Waals surface area contributed by atoms with Crippen molar-refractivity contribution in [3.8, 4) is 5.75 Å². The van der Waals surface area contributed by atoms with Gasteiger partial charge in [0.05, 0.1) is 13.0 Å². The molecular weight excluding hydrogens is 276 g/mol. The van der Waals surface area contributed by atoms with Crippen LogP contribution in [0.4, 0.5) is 0 Å². The molecule has 0 aliphatic carbocycles. The fraction of sp³-hybridized carbons (Fsp3) is 0.533. The third-order valence-corrected chi connectivity index (χ3v) is 3.84. The van der Waals surface area contributed by atoms with Gasteiger partial charge in [0.2, 0.25) is 5.91 Å². The molecule has 0 aromatic heterocycles. The van der Waals surface area contributed by atoms with Crippen LogP contribution in [0.2, 0.25) is 5.02 Å². The molecule has 2 unspecified atom stereocenters. The minimum Gasteiger partial charge on any atom is -0.493 e. The summed E-state index contributed by atoms with van der Waals surface area (Å²) in [5.41, 5.74) is 0. The van der Waals surface area contributed by atoms with E-state index in [9.17, 15) is 4.79 Å². The van der Waals surface area contributed by atoms with Gasteiger partial charge in [0, 0.05) is 17.6 Å². The first kappa shape index (κ1) is 15.1. The van der Waals surface area contributed by atoms with Gasteiger partial charge in [-0.1, -0.05) is 18.5 Å². The Morgan fingerprint density at radius 1 is 1.45 bits per heavy atom. The second kappa shape index (κ2) is 7.50. The van der Waals surface area contributed by atoms with Crippen LogP contribution in [-0.2, 0) is 4.79 Å². The van der Waals surface area contributed by atoms with Crippen molar-refractivity contribution in [1.29, 1.82) is 0 Å². The van der Waals surface area contributed by atoms with Crippen molar-refractivity contribution in [1.82, 2.24) is 10.6 Å². The Labute approximate surface area is 124 Å². The number of carbonyl (C=O) groups is 1. The zero-order chi connectivity index (χ0) is 14.4. The van der Waals surface area contributed by atoms with Crippen molar-refractivity contribution in [2.24, 2.45) is 5.92 Å². The minimum absolute atomic E-state index is 0.0412. The Hall–Kier alpha value is -1.26. The fourth-order valence-corrected chi connectivity index (χ4v) is 2.38. The molecule has 110 valence electrons. The van der Waals surface area contributed by atoms with Crippen molar-refractivity contribution in [3.05, 3.63) is 29.3 Å². The molecule has 1 fully saturated rings. The van der Waals surface area contributed by atoms with Crippen molar-refractivity contribution in [2.45, 2.75) is 25.8 Å². The predicted molar refractivity (Wildman–Crippen MR) is 80.1 cm³/mol. The lowest BCUT2D eigenvalue weighted by Crippen LogP contribution is -2.50. The summed E-state index contributed by atoms with van der Waals surface area (Å²) in [4.78, 5) is 11.9. The first-order valence-corrected chi connectivity index (χ1v) is 7.41. The fourth-order valence-electron chi connectivity index (χ4n) is 2.25. The maximum absolute atomic E-state index is 11.9. The van der Waals surface area contributed by atoms with E-state index >= 15 is 0 Å². The van der Waals surface area contributed by atoms with Crippen molar-refractivity contribution >= 4 is 17.5 Å². The van der Waals surface area contributed by atoms with E-state index in [1.165, 1.54) is 0 Å². The molecule has 2 atom stereocenters. The van der Waals surface area contributed by atoms with Gasteiger partial charge in [-0.25, -0.2) is 0 Å². The molecule has 1 aliphatic rings. The zero-order valence-electron chi connectivity index (χ0n) is 11.7. The summed E-state index contributed by atoms with van der Waals surface area (Å²) >= 11 is 5.79. The number of hydrogen-bond donors (Lipinski definition) is 2. The smallest absolute Gasteiger partial charge is 0.223 e. The Balaban J connectivity index is 1.68. The minimum atomic E-state index is 0.0412. The average molecular weight is 297 g/mol. The standard InChI is InChI=1S/C15H21ClN2O2/c1-11-6-8-17-10-14(11)18-15(19)7-9-20-13-4-2-12(16)3-5-13/h2-5,11,14,17H,6-10H2,1H3,(H,18,19). The summed E-state index contributed by atoms with van der Waals surface area (Å²) in [7, 11) is 0. The number of amides is 1. The number of benzene rings is 1. The molecule has 1 aromatic carbocycles. The molecule has 4 nitrogen and oxygen atoms in total. The van der Waals surface area contributed by atoms with Gasteiger partial charge < -0.3 is 15.4 Å². The highest BCUT2D eigenvalue weighted by atomic mass is 35.5. The maximum atomic E-state index is 11.9. The summed E-state index contributed by atoms with van der Waals surface area (Å²) in [6, 6.07) is 7.37. The third-order valence-electron chi connectivity index (χ3n) is 3.59. The van der Waals surface area contributed by atoms with Gasteiger partial charge in [-0.2, -0.15) is 0 Å². The van der Waals surface area contributed by atoms with Gasteiger partial charge in [0.1, 0.15) is 5.75 Å². The van der Waals surface area contributed by atoms with Crippen LogP contribution in [0.1, 0.15) is 19.8 Å². The van der Waals surface area contributed by atoms with Gasteiger partial charge in [0.15, 0.2) is 0 Å². The maximum Gasteiger partial charge on any atom is 0.223 e. The number of halogens is 1. The molecule has 1 heterocycles. The van der Waals surface area contributed by atoms with E-state index in [2.05, 4.69) is 17.6 Å². The summed E-state index contributed by atoms with van der Waals surface area (Å²) < 4.78 is 5.51. The molecular formula is C15H21ClN2O2. The lowest BCUT2D eigenvalue weighted by atomic mass is 9.95. The van der Waals surface area contributed by atoms with Crippen LogP contribution in [0.15, 0.2) is 24.3 Å². The van der Waals surface area contributed by atoms with E-state index in [4.69, 9.17) is 16.3 Å². The van der Waals surface area contributed by atoms with E-state index in [1.54, 1.807) is 24.3 Å². The third kappa shape index (κ3) is 4.69. The van der Waals surface area contributed by atoms with Crippen LogP contribution in [0.25, 0.3) is 0 Å². The van der Waals surface area contributed by atoms with Crippen molar-refractivity contribution in [2.75, 3.05) is 19.7 Å². The molecule has 0 bridgehead atoms. The van der Waals surface area contributed by atoms with E-state index in [0.29, 0.717) is 24.0 Å². The predicted octanol–water partition coefficient (Wildman–Crippen LogP) is 2.22. The summed E-state index contributed by atoms with van der Waals surface area (Å²) in [5.74, 6) is 1.30. The Morgan fingerprint density at radius 3 is 2.90 bits per heavy atom. The summed E-state index contributed by atoms with van der Waals surface area (Å²) in [5, 5.41) is 7.04. The van der Waals surface area contributed by atoms with Gasteiger partial charge in [0.25, 0.3) is 0 Å². The largest absolute Gasteiger partial charge is 0.493 e. The van der Waals surface area contributed by atoms with E-state index in [-0.39, 0.29) is 11.9 Å². The number of nitrogens with one attached hydrogen (secondary N) is 2. The highest BCUT2D eigenvalue weighted by Crippen LogP contribution is 2.15. The van der Waals surface area contributed by atoms with Gasteiger partial charge in [-0.3, -0.25) is 4.79 Å². The molecule has 2 N–H and O–H groups in total. The molecule has 1 amide bonds. The molecule has 5 heteroatoms. The second-order valence-corrected chi connectivity index (χ2v) is 5.63. The average Bonchev–Trinajstić information content (AvgIpc) is 2.44. The first-order valence-electron chi connectivity index (χ1n) is 7.03. The number of ether oxygens (including phenoxy) is 1. The molecule has 1 saturated heterocycles. The molecule has 1 aromatic rings. The van der Waals surface area contributed by atoms with E-state index in [0.717, 1.165) is 25.3 Å². The Kier molecular flexibility index (Phi) is 5.68. The highest BCUT2D eigenvalue weighted by molar-refractivity contribution is 6.30. The number of carbonyl (C=O) groups excluding carboxylic acids is 1. The van der Waals surface area contributed by atoms with Gasteiger partial charge >= 0.3 is 0 Å². The van der Waals surface area contributed by atoms with Crippen molar-refractivity contribution < 1.29 is 9.53 Å². The van der Waals surface area contributed by atoms with Crippen LogP contribution >= 0.6 is 11.6 Å². The van der Waals surface area contributed by atoms with Crippen LogP contribution in [0.5, 0.6) is 5.75 Å². The lowest BCUT2D eigenvalue weighted by molar-refractivity contribution is -0.122. The molecule has 2 rings (SSSR count). The Bertz CT molecular complexity index is 436. The summed E-state index contributed by atoms with van der Waals surface area (Å²) in [6.45, 7) is 4.44. The number of rotatable bonds is 5. The van der Waals surface area contributed by atoms with Crippen LogP contribution in [0, 0.1) is 5.92 Å². The second-order valence-electron chi connectivity index (χ2n) is 5.20. The molecule has 0 spiro atoms. The first-order chi connectivity index (χ1) is 9.65. The van der Waals surface area contributed by atoms with E-state index < -0.39 is 0 Å². The number of hydrogen-bond acceptors (Lipinski definition) is 3. The van der Waals surface area contributed by atoms with Crippen LogP contribution in [0.3, 0.4) is 0 Å². The SMILES string of the molecule is CC1CCNCC1NC(=O)CCOc1ccc(Cl)cc1. The molecule has 0 saturated carbocycles. The highest BCUT2D eigenvalue weighted by Gasteiger charge is 2.22. The van der Waals surface area contributed by atoms with E-state index in [1.807, 2.05) is 0 Å². The van der Waals surface area contributed by atoms with Crippen LogP contribution < -0.4 is 15.4 Å². The zero-order valence-corrected chi connectivity index (χ0v) is 12.5.